The normalized spacial score (nSPS) is 4.70. The van der Waals surface area contributed by atoms with Crippen LogP contribution in [0.25, 0.3) is 0 Å². The van der Waals surface area contributed by atoms with Crippen LogP contribution in [0.15, 0.2) is 0 Å². The van der Waals surface area contributed by atoms with E-state index in [0.717, 1.165) is 13.2 Å². The molecule has 0 aliphatic carbocycles. The van der Waals surface area contributed by atoms with Gasteiger partial charge in [-0.3, -0.25) is 6.79 Å². The van der Waals surface area contributed by atoms with Crippen molar-refractivity contribution in [2.45, 2.75) is 41.5 Å². The molecule has 0 bridgehead atoms. The number of aliphatic hydroxyl groups is 4. The Bertz CT molecular complexity index is 67.1. The largest absolute Gasteiger partial charge is 0.566 e. The van der Waals surface area contributed by atoms with Gasteiger partial charge in [0.25, 0.3) is 0 Å². The van der Waals surface area contributed by atoms with Crippen molar-refractivity contribution in [3.63, 3.8) is 0 Å². The molecule has 20 heavy (non-hydrogen) atoms. The third-order valence-electron chi connectivity index (χ3n) is 0.516. The molecule has 0 aromatic rings. The molecule has 0 spiro atoms. The fraction of sp³-hybridized carbons (Fsp3) is 0.727. The Balaban J connectivity index is -0.00000000673. The predicted molar refractivity (Wildman–Crippen MR) is 75.3 cm³/mol. The molecule has 0 aromatic carbocycles. The van der Waals surface area contributed by atoms with Gasteiger partial charge in [0.05, 0.1) is 0 Å². The molecule has 0 aromatic heterocycles. The van der Waals surface area contributed by atoms with E-state index in [1.165, 1.54) is 0 Å². The van der Waals surface area contributed by atoms with Crippen molar-refractivity contribution in [1.29, 1.82) is 0 Å². The number of hydrogen-bond acceptors (Lipinski definition) is 5. The molecule has 0 aliphatic rings. The summed E-state index contributed by atoms with van der Waals surface area (Å²) in [4.78, 5) is 7.75. The molecule has 5 nitrogen and oxygen atoms in total. The Morgan fingerprint density at radius 1 is 0.850 bits per heavy atom. The second kappa shape index (κ2) is 141. The van der Waals surface area contributed by atoms with Crippen LogP contribution < -0.4 is 0 Å². The van der Waals surface area contributed by atoms with Gasteiger partial charge in [0, 0.05) is 78.7 Å². The predicted octanol–water partition coefficient (Wildman–Crippen LogP) is 1.69. The molecule has 0 amide bonds. The molecule has 0 saturated heterocycles. The molecule has 126 valence electrons. The number of carbonyl (C=O) groups excluding carboxylic acids is 1. The van der Waals surface area contributed by atoms with E-state index >= 15 is 0 Å². The number of rotatable bonds is 4. The summed E-state index contributed by atoms with van der Waals surface area (Å²) in [5.41, 5.74) is 0. The van der Waals surface area contributed by atoms with Crippen LogP contribution in [0.5, 0.6) is 0 Å². The van der Waals surface area contributed by atoms with Crippen LogP contribution in [0.1, 0.15) is 43.0 Å². The van der Waals surface area contributed by atoms with Crippen LogP contribution in [-0.4, -0.2) is 48.8 Å². The molecular formula is C11H31BO5V3-3. The fourth-order valence-corrected chi connectivity index (χ4v) is 0.115. The Hall–Kier alpha value is 1.33. The van der Waals surface area contributed by atoms with Gasteiger partial charge >= 0.3 is 0 Å². The van der Waals surface area contributed by atoms with Crippen LogP contribution in [0, 0.1) is 13.2 Å². The standard InChI is InChI=1S/2C3H7O2.C2H6.CHO.2CH4.B.3V.H2/c2*4-2-1-3-5;2*1-2;;;;;;;/h2*2,4-5H,1,3H2;1-2H3;1H;2*1H4;;;;;1H/q2*-1;;-1;;;;;;;/i;;;;;;;;;;1+1. The molecule has 0 atom stereocenters. The first kappa shape index (κ1) is 68.7. The average Bonchev–Trinajstić information content (AvgIpc) is 2.27. The first-order valence-corrected chi connectivity index (χ1v) is 4.20. The summed E-state index contributed by atoms with van der Waals surface area (Å²) >= 11 is 0. The smallest absolute Gasteiger partial charge is 0.0179 e. The number of aliphatic hydroxyl groups excluding tert-OH is 4. The van der Waals surface area contributed by atoms with E-state index in [-0.39, 0.29) is 93.6 Å². The van der Waals surface area contributed by atoms with Crippen molar-refractivity contribution in [2.75, 3.05) is 13.2 Å². The Morgan fingerprint density at radius 3 is 1.00 bits per heavy atom. The van der Waals surface area contributed by atoms with Gasteiger partial charge in [0.15, 0.2) is 0 Å². The van der Waals surface area contributed by atoms with Crippen LogP contribution in [0.3, 0.4) is 0 Å². The molecule has 4 N–H and O–H groups in total. The van der Waals surface area contributed by atoms with Gasteiger partial charge in [0.1, 0.15) is 0 Å². The monoisotopic (exact) mass is 408 g/mol. The van der Waals surface area contributed by atoms with Crippen molar-refractivity contribution in [3.05, 3.63) is 13.2 Å². The van der Waals surface area contributed by atoms with Crippen LogP contribution in [-0.2, 0) is 60.5 Å². The van der Waals surface area contributed by atoms with E-state index in [0.29, 0.717) is 12.8 Å². The first-order valence-electron chi connectivity index (χ1n) is 4.20. The van der Waals surface area contributed by atoms with Gasteiger partial charge in [-0.05, 0) is 0 Å². The summed E-state index contributed by atoms with van der Waals surface area (Å²) in [6, 6.07) is 0. The van der Waals surface area contributed by atoms with E-state index in [9.17, 15) is 0 Å². The first-order chi connectivity index (χ1) is 6.83. The molecule has 6 radical (unpaired) electrons. The average molecular weight is 408 g/mol. The summed E-state index contributed by atoms with van der Waals surface area (Å²) in [6.07, 6.45) is 0.750. The maximum Gasteiger partial charge on any atom is 0.0179 e. The summed E-state index contributed by atoms with van der Waals surface area (Å²) in [5, 5.41) is 31.3. The second-order valence-electron chi connectivity index (χ2n) is 1.39. The van der Waals surface area contributed by atoms with Gasteiger partial charge in [-0.1, -0.05) is 28.7 Å². The molecule has 9 heteroatoms. The van der Waals surface area contributed by atoms with Gasteiger partial charge in [-0.2, -0.15) is 0 Å². The van der Waals surface area contributed by atoms with E-state index in [4.69, 9.17) is 25.2 Å². The quantitative estimate of drug-likeness (QED) is 0.323. The molecule has 0 aliphatic heterocycles. The van der Waals surface area contributed by atoms with Gasteiger partial charge in [0.2, 0.25) is 0 Å². The minimum Gasteiger partial charge on any atom is -0.566 e. The third-order valence-corrected chi connectivity index (χ3v) is 0.516. The van der Waals surface area contributed by atoms with E-state index in [1.807, 2.05) is 13.8 Å². The van der Waals surface area contributed by atoms with Crippen molar-refractivity contribution in [2.24, 2.45) is 0 Å². The molecule has 0 fully saturated rings. The van der Waals surface area contributed by atoms with Crippen LogP contribution in [0.2, 0.25) is 0 Å². The SMILES string of the molecule is C.C.CC.O[CH-]CCO.O[CH-]CCO.[2HH].[B].[CH-]=O.[V].[V].[V]. The zero-order valence-corrected chi connectivity index (χ0v) is 14.9. The Morgan fingerprint density at radius 2 is 1.00 bits per heavy atom. The summed E-state index contributed by atoms with van der Waals surface area (Å²) in [6.45, 7) is 9.19. The topological polar surface area (TPSA) is 98.0 Å². The third kappa shape index (κ3) is 229. The molecular weight excluding hydrogens is 376 g/mol. The van der Waals surface area contributed by atoms with Crippen molar-refractivity contribution < 1.29 is 82.3 Å². The number of hydrogen-bond donors (Lipinski definition) is 4. The van der Waals surface area contributed by atoms with Gasteiger partial charge < -0.3 is 25.2 Å². The van der Waals surface area contributed by atoms with Crippen molar-refractivity contribution in [1.82, 2.24) is 0 Å². The summed E-state index contributed by atoms with van der Waals surface area (Å²) in [7, 11) is 0. The molecule has 0 saturated carbocycles. The van der Waals surface area contributed by atoms with Crippen molar-refractivity contribution in [3.8, 4) is 0 Å². The van der Waals surface area contributed by atoms with Crippen LogP contribution >= 0.6 is 0 Å². The van der Waals surface area contributed by atoms with Gasteiger partial charge in [-0.25, -0.2) is 13.2 Å². The van der Waals surface area contributed by atoms with E-state index in [2.05, 4.69) is 6.79 Å². The van der Waals surface area contributed by atoms with Gasteiger partial charge in [-0.15, -0.1) is 12.8 Å². The van der Waals surface area contributed by atoms with E-state index < -0.39 is 0 Å². The molecule has 0 rings (SSSR count). The zero-order valence-electron chi connectivity index (χ0n) is 10.7. The maximum atomic E-state index is 7.88. The summed E-state index contributed by atoms with van der Waals surface area (Å²) < 4.78 is 0. The van der Waals surface area contributed by atoms with Crippen LogP contribution in [0.4, 0.5) is 0 Å². The Kier molecular flexibility index (Phi) is 486. The Labute approximate surface area is 165 Å². The fourth-order valence-electron chi connectivity index (χ4n) is 0.115. The second-order valence-corrected chi connectivity index (χ2v) is 1.39. The zero-order chi connectivity index (χ0) is 12.2. The minimum atomic E-state index is 0. The maximum absolute atomic E-state index is 7.88. The molecule has 0 unspecified atom stereocenters. The summed E-state index contributed by atoms with van der Waals surface area (Å²) in [5.74, 6) is 0. The molecule has 0 heterocycles. The minimum absolute atomic E-state index is 0. The van der Waals surface area contributed by atoms with Crippen molar-refractivity contribution >= 4 is 15.2 Å². The van der Waals surface area contributed by atoms with E-state index in [1.54, 1.807) is 0 Å².